The van der Waals surface area contributed by atoms with E-state index in [2.05, 4.69) is 10.2 Å². The van der Waals surface area contributed by atoms with Crippen LogP contribution in [0.2, 0.25) is 0 Å². The summed E-state index contributed by atoms with van der Waals surface area (Å²) in [5, 5.41) is 8.10. The molecule has 7 nitrogen and oxygen atoms in total. The van der Waals surface area contributed by atoms with Gasteiger partial charge in [-0.15, -0.1) is 10.2 Å². The topological polar surface area (TPSA) is 63.5 Å². The van der Waals surface area contributed by atoms with Gasteiger partial charge in [-0.05, 0) is 24.1 Å². The zero-order valence-corrected chi connectivity index (χ0v) is 16.5. The Bertz CT molecular complexity index is 971. The van der Waals surface area contributed by atoms with E-state index >= 15 is 0 Å². The number of fused-ring (bicyclic) bond motifs is 1. The highest BCUT2D eigenvalue weighted by atomic mass is 19.4. The Morgan fingerprint density at radius 1 is 1.30 bits per heavy atom. The van der Waals surface area contributed by atoms with Crippen molar-refractivity contribution in [2.24, 2.45) is 13.0 Å². The van der Waals surface area contributed by atoms with Crippen molar-refractivity contribution in [3.05, 3.63) is 42.0 Å². The molecule has 2 amide bonds. The summed E-state index contributed by atoms with van der Waals surface area (Å²) in [6.45, 7) is 1.23. The van der Waals surface area contributed by atoms with Gasteiger partial charge in [0, 0.05) is 37.7 Å². The summed E-state index contributed by atoms with van der Waals surface area (Å²) in [6, 6.07) is 6.34. The summed E-state index contributed by atoms with van der Waals surface area (Å²) in [5.74, 6) is -0.633. The molecule has 0 aliphatic carbocycles. The molecule has 1 aromatic carbocycles. The summed E-state index contributed by atoms with van der Waals surface area (Å²) in [6.07, 6.45) is -2.04. The molecular weight excluding hydrogens is 399 g/mol. The lowest BCUT2D eigenvalue weighted by Gasteiger charge is -2.42. The quantitative estimate of drug-likeness (QED) is 0.761. The highest BCUT2D eigenvalue weighted by molar-refractivity contribution is 5.95. The SMILES string of the molecule is Cn1cnnc1CC1(c2cccc(N3CC4C(C(F)(F)F)CCN4C3=O)c2)COC1. The molecule has 3 aliphatic rings. The molecule has 0 saturated carbocycles. The van der Waals surface area contributed by atoms with Crippen LogP contribution in [-0.4, -0.2) is 64.2 Å². The van der Waals surface area contributed by atoms with Gasteiger partial charge < -0.3 is 14.2 Å². The van der Waals surface area contributed by atoms with Crippen molar-refractivity contribution in [1.82, 2.24) is 19.7 Å². The number of halogens is 3. The lowest BCUT2D eigenvalue weighted by molar-refractivity contribution is -0.177. The number of aryl methyl sites for hydroxylation is 1. The van der Waals surface area contributed by atoms with E-state index in [4.69, 9.17) is 4.74 Å². The minimum atomic E-state index is -4.29. The highest BCUT2D eigenvalue weighted by Crippen LogP contribution is 2.43. The van der Waals surface area contributed by atoms with E-state index in [-0.39, 0.29) is 31.0 Å². The first-order valence-corrected chi connectivity index (χ1v) is 9.94. The molecule has 1 aromatic heterocycles. The number of ether oxygens (including phenoxy) is 1. The maximum absolute atomic E-state index is 13.4. The second-order valence-electron chi connectivity index (χ2n) is 8.45. The van der Waals surface area contributed by atoms with E-state index in [1.165, 1.54) is 9.80 Å². The minimum Gasteiger partial charge on any atom is -0.379 e. The van der Waals surface area contributed by atoms with E-state index < -0.39 is 18.1 Å². The third-order valence-corrected chi connectivity index (χ3v) is 6.64. The van der Waals surface area contributed by atoms with Crippen molar-refractivity contribution >= 4 is 11.7 Å². The summed E-state index contributed by atoms with van der Waals surface area (Å²) in [4.78, 5) is 15.7. The van der Waals surface area contributed by atoms with Gasteiger partial charge >= 0.3 is 12.2 Å². The van der Waals surface area contributed by atoms with Crippen LogP contribution in [0.25, 0.3) is 0 Å². The van der Waals surface area contributed by atoms with Crippen LogP contribution < -0.4 is 4.90 Å². The maximum atomic E-state index is 13.4. The van der Waals surface area contributed by atoms with Crippen LogP contribution in [-0.2, 0) is 23.6 Å². The summed E-state index contributed by atoms with van der Waals surface area (Å²) in [5.41, 5.74) is 1.32. The second-order valence-corrected chi connectivity index (χ2v) is 8.45. The number of alkyl halides is 3. The first kappa shape index (κ1) is 19.3. The molecule has 0 spiro atoms. The number of aromatic nitrogens is 3. The van der Waals surface area contributed by atoms with Gasteiger partial charge in [0.15, 0.2) is 0 Å². The molecule has 3 saturated heterocycles. The molecule has 2 unspecified atom stereocenters. The van der Waals surface area contributed by atoms with Crippen molar-refractivity contribution in [3.8, 4) is 0 Å². The summed E-state index contributed by atoms with van der Waals surface area (Å²) < 4.78 is 47.4. The van der Waals surface area contributed by atoms with Crippen molar-refractivity contribution in [2.75, 3.05) is 31.2 Å². The Labute approximate surface area is 171 Å². The summed E-state index contributed by atoms with van der Waals surface area (Å²) >= 11 is 0. The lowest BCUT2D eigenvalue weighted by atomic mass is 9.75. The fraction of sp³-hybridized carbons (Fsp3) is 0.550. The number of hydrogen-bond acceptors (Lipinski definition) is 4. The molecule has 3 aliphatic heterocycles. The Kier molecular flexibility index (Phi) is 4.32. The number of urea groups is 1. The maximum Gasteiger partial charge on any atom is 0.393 e. The second kappa shape index (κ2) is 6.69. The third kappa shape index (κ3) is 2.96. The van der Waals surface area contributed by atoms with E-state index in [1.54, 1.807) is 12.4 Å². The molecule has 30 heavy (non-hydrogen) atoms. The van der Waals surface area contributed by atoms with Crippen LogP contribution >= 0.6 is 0 Å². The number of nitrogens with zero attached hydrogens (tertiary/aromatic N) is 5. The fourth-order valence-electron chi connectivity index (χ4n) is 4.83. The van der Waals surface area contributed by atoms with Crippen LogP contribution in [0.3, 0.4) is 0 Å². The number of rotatable bonds is 4. The Hall–Kier alpha value is -2.62. The minimum absolute atomic E-state index is 0.0219. The fourth-order valence-corrected chi connectivity index (χ4v) is 4.83. The number of benzene rings is 1. The largest absolute Gasteiger partial charge is 0.393 e. The van der Waals surface area contributed by atoms with Gasteiger partial charge in [-0.3, -0.25) is 4.90 Å². The average molecular weight is 421 g/mol. The molecule has 160 valence electrons. The van der Waals surface area contributed by atoms with Crippen LogP contribution in [0.5, 0.6) is 0 Å². The van der Waals surface area contributed by atoms with Gasteiger partial charge in [-0.25, -0.2) is 4.79 Å². The Morgan fingerprint density at radius 3 is 2.73 bits per heavy atom. The normalized spacial score (nSPS) is 25.5. The third-order valence-electron chi connectivity index (χ3n) is 6.64. The van der Waals surface area contributed by atoms with Crippen molar-refractivity contribution in [2.45, 2.75) is 30.5 Å². The Morgan fingerprint density at radius 2 is 2.10 bits per heavy atom. The molecule has 3 fully saturated rings. The summed E-state index contributed by atoms with van der Waals surface area (Å²) in [7, 11) is 1.88. The molecule has 5 rings (SSSR count). The van der Waals surface area contributed by atoms with Gasteiger partial charge in [0.05, 0.1) is 25.2 Å². The average Bonchev–Trinajstić information content (AvgIpc) is 3.35. The molecule has 2 atom stereocenters. The van der Waals surface area contributed by atoms with Crippen molar-refractivity contribution < 1.29 is 22.7 Å². The smallest absolute Gasteiger partial charge is 0.379 e. The van der Waals surface area contributed by atoms with E-state index in [9.17, 15) is 18.0 Å². The monoisotopic (exact) mass is 421 g/mol. The molecular formula is C20H22F3N5O2. The zero-order valence-electron chi connectivity index (χ0n) is 16.5. The van der Waals surface area contributed by atoms with Gasteiger partial charge in [0.2, 0.25) is 0 Å². The number of carbonyl (C=O) groups is 1. The predicted octanol–water partition coefficient (Wildman–Crippen LogP) is 2.52. The molecule has 10 heteroatoms. The van der Waals surface area contributed by atoms with Crippen LogP contribution in [0.4, 0.5) is 23.7 Å². The first-order chi connectivity index (χ1) is 14.3. The number of hydrogen-bond donors (Lipinski definition) is 0. The van der Waals surface area contributed by atoms with Gasteiger partial charge in [0.1, 0.15) is 12.2 Å². The Balaban J connectivity index is 1.42. The molecule has 2 aromatic rings. The predicted molar refractivity (Wildman–Crippen MR) is 101 cm³/mol. The molecule has 0 N–H and O–H groups in total. The molecule has 0 radical (unpaired) electrons. The van der Waals surface area contributed by atoms with Crippen molar-refractivity contribution in [1.29, 1.82) is 0 Å². The highest BCUT2D eigenvalue weighted by Gasteiger charge is 2.56. The van der Waals surface area contributed by atoms with E-state index in [0.717, 1.165) is 11.4 Å². The lowest BCUT2D eigenvalue weighted by Crippen LogP contribution is -2.49. The van der Waals surface area contributed by atoms with Gasteiger partial charge in [-0.1, -0.05) is 12.1 Å². The number of anilines is 1. The van der Waals surface area contributed by atoms with Crippen LogP contribution in [0.1, 0.15) is 17.8 Å². The van der Waals surface area contributed by atoms with E-state index in [0.29, 0.717) is 25.3 Å². The van der Waals surface area contributed by atoms with Crippen molar-refractivity contribution in [3.63, 3.8) is 0 Å². The number of amides is 2. The first-order valence-electron chi connectivity index (χ1n) is 9.94. The van der Waals surface area contributed by atoms with E-state index in [1.807, 2.05) is 29.8 Å². The number of carbonyl (C=O) groups excluding carboxylic acids is 1. The standard InChI is InChI=1S/C20H22F3N5O2/c1-26-12-24-25-17(26)8-19(10-30-11-19)13-3-2-4-14(7-13)28-9-16-15(20(21,22)23)5-6-27(16)18(28)29/h2-4,7,12,15-16H,5-6,8-11H2,1H3. The zero-order chi connectivity index (χ0) is 21.1. The van der Waals surface area contributed by atoms with Gasteiger partial charge in [0.25, 0.3) is 0 Å². The van der Waals surface area contributed by atoms with Gasteiger partial charge in [-0.2, -0.15) is 13.2 Å². The van der Waals surface area contributed by atoms with Crippen LogP contribution in [0.15, 0.2) is 30.6 Å². The molecule has 4 heterocycles. The van der Waals surface area contributed by atoms with Crippen LogP contribution in [0, 0.1) is 5.92 Å². The molecule has 0 bridgehead atoms.